The van der Waals surface area contributed by atoms with Crippen LogP contribution in [0.2, 0.25) is 10.0 Å². The van der Waals surface area contributed by atoms with Crippen molar-refractivity contribution in [2.45, 2.75) is 26.9 Å². The number of halogens is 2. The van der Waals surface area contributed by atoms with Crippen molar-refractivity contribution >= 4 is 40.8 Å². The Kier molecular flexibility index (Phi) is 6.89. The van der Waals surface area contributed by atoms with Crippen LogP contribution in [-0.4, -0.2) is 17.0 Å². The number of amides is 1. The Morgan fingerprint density at radius 3 is 2.35 bits per heavy atom. The Morgan fingerprint density at radius 1 is 1.12 bits per heavy atom. The molecule has 138 valence electrons. The van der Waals surface area contributed by atoms with Crippen molar-refractivity contribution in [1.82, 2.24) is 0 Å². The third-order valence-corrected chi connectivity index (χ3v) is 4.08. The largest absolute Gasteiger partial charge is 0.486 e. The van der Waals surface area contributed by atoms with E-state index in [0.717, 1.165) is 5.56 Å². The molecule has 0 saturated heterocycles. The fourth-order valence-electron chi connectivity index (χ4n) is 2.21. The van der Waals surface area contributed by atoms with Crippen LogP contribution < -0.4 is 10.1 Å². The maximum Gasteiger partial charge on any atom is 0.307 e. The first kappa shape index (κ1) is 20.1. The molecule has 0 saturated carbocycles. The van der Waals surface area contributed by atoms with Gasteiger partial charge in [0.1, 0.15) is 6.61 Å². The molecule has 2 rings (SSSR count). The molecular formula is C19H19Cl2NO4. The lowest BCUT2D eigenvalue weighted by atomic mass is 10.1. The van der Waals surface area contributed by atoms with E-state index in [-0.39, 0.29) is 34.9 Å². The topological polar surface area (TPSA) is 75.6 Å². The summed E-state index contributed by atoms with van der Waals surface area (Å²) >= 11 is 12.3. The van der Waals surface area contributed by atoms with Gasteiger partial charge in [-0.15, -0.1) is 0 Å². The molecule has 7 heteroatoms. The lowest BCUT2D eigenvalue weighted by Crippen LogP contribution is -2.17. The Balaban J connectivity index is 2.09. The predicted octanol–water partition coefficient (Wildman–Crippen LogP) is 4.79. The Labute approximate surface area is 161 Å². The molecule has 0 aliphatic rings. The van der Waals surface area contributed by atoms with Gasteiger partial charge in [0.05, 0.1) is 16.5 Å². The molecule has 0 heterocycles. The van der Waals surface area contributed by atoms with Gasteiger partial charge in [0.25, 0.3) is 0 Å². The number of carboxylic acids is 1. The minimum absolute atomic E-state index is 0.0665. The minimum atomic E-state index is -0.967. The van der Waals surface area contributed by atoms with E-state index in [4.69, 9.17) is 33.0 Å². The van der Waals surface area contributed by atoms with E-state index in [9.17, 15) is 9.59 Å². The number of aliphatic carboxylic acids is 1. The van der Waals surface area contributed by atoms with Crippen molar-refractivity contribution in [3.8, 4) is 5.75 Å². The number of carbonyl (C=O) groups excluding carboxylic acids is 1. The molecule has 0 atom stereocenters. The third kappa shape index (κ3) is 5.64. The van der Waals surface area contributed by atoms with Gasteiger partial charge in [-0.05, 0) is 35.4 Å². The van der Waals surface area contributed by atoms with E-state index in [1.807, 2.05) is 26.0 Å². The number of carboxylic acid groups (broad SMARTS) is 1. The minimum Gasteiger partial charge on any atom is -0.486 e. The van der Waals surface area contributed by atoms with E-state index in [1.165, 1.54) is 12.1 Å². The summed E-state index contributed by atoms with van der Waals surface area (Å²) < 4.78 is 5.70. The molecule has 2 N–H and O–H groups in total. The molecule has 5 nitrogen and oxygen atoms in total. The summed E-state index contributed by atoms with van der Waals surface area (Å²) in [5.41, 5.74) is 2.00. The van der Waals surface area contributed by atoms with Crippen LogP contribution in [0, 0.1) is 5.92 Å². The first-order valence-electron chi connectivity index (χ1n) is 7.98. The molecule has 0 spiro atoms. The summed E-state index contributed by atoms with van der Waals surface area (Å²) in [4.78, 5) is 22.6. The van der Waals surface area contributed by atoms with Gasteiger partial charge in [-0.1, -0.05) is 49.2 Å². The molecule has 0 unspecified atom stereocenters. The van der Waals surface area contributed by atoms with Gasteiger partial charge in [-0.25, -0.2) is 0 Å². The Bertz CT molecular complexity index is 798. The number of hydrogen-bond donors (Lipinski definition) is 2. The number of anilines is 1. The summed E-state index contributed by atoms with van der Waals surface area (Å²) in [5.74, 6) is -0.856. The van der Waals surface area contributed by atoms with Crippen LogP contribution in [-0.2, 0) is 22.6 Å². The number of ether oxygens (including phenoxy) is 1. The van der Waals surface area contributed by atoms with E-state index in [2.05, 4.69) is 5.32 Å². The Morgan fingerprint density at radius 2 is 1.77 bits per heavy atom. The zero-order valence-electron chi connectivity index (χ0n) is 14.4. The summed E-state index contributed by atoms with van der Waals surface area (Å²) in [6.07, 6.45) is -0.169. The average Bonchev–Trinajstić information content (AvgIpc) is 2.53. The standard InChI is InChI=1S/C19H19Cl2NO4/c1-11(2)19(25)22-14-5-3-4-12(6-14)10-26-18-15(20)7-13(8-16(18)21)9-17(23)24/h3-8,11H,9-10H2,1-2H3,(H,22,25)(H,23,24). The molecule has 0 radical (unpaired) electrons. The quantitative estimate of drug-likeness (QED) is 0.706. The fourth-order valence-corrected chi connectivity index (χ4v) is 2.85. The van der Waals surface area contributed by atoms with E-state index in [1.54, 1.807) is 12.1 Å². The van der Waals surface area contributed by atoms with E-state index in [0.29, 0.717) is 17.0 Å². The van der Waals surface area contributed by atoms with Crippen LogP contribution in [0.5, 0.6) is 5.75 Å². The van der Waals surface area contributed by atoms with Crippen molar-refractivity contribution < 1.29 is 19.4 Å². The molecule has 0 fully saturated rings. The molecule has 0 aliphatic carbocycles. The molecule has 0 bridgehead atoms. The fraction of sp³-hybridized carbons (Fsp3) is 0.263. The first-order valence-corrected chi connectivity index (χ1v) is 8.74. The monoisotopic (exact) mass is 395 g/mol. The zero-order chi connectivity index (χ0) is 19.3. The highest BCUT2D eigenvalue weighted by molar-refractivity contribution is 6.37. The number of hydrogen-bond acceptors (Lipinski definition) is 3. The molecular weight excluding hydrogens is 377 g/mol. The second-order valence-electron chi connectivity index (χ2n) is 6.09. The maximum atomic E-state index is 11.8. The predicted molar refractivity (Wildman–Crippen MR) is 102 cm³/mol. The van der Waals surface area contributed by atoms with Crippen molar-refractivity contribution in [2.75, 3.05) is 5.32 Å². The third-order valence-electron chi connectivity index (χ3n) is 3.52. The van der Waals surface area contributed by atoms with Crippen LogP contribution in [0.1, 0.15) is 25.0 Å². The van der Waals surface area contributed by atoms with Gasteiger partial charge in [0, 0.05) is 11.6 Å². The van der Waals surface area contributed by atoms with E-state index >= 15 is 0 Å². The normalized spacial score (nSPS) is 10.7. The molecule has 0 aromatic heterocycles. The van der Waals surface area contributed by atoms with Crippen LogP contribution >= 0.6 is 23.2 Å². The number of benzene rings is 2. The molecule has 1 amide bonds. The van der Waals surface area contributed by atoms with Gasteiger partial charge >= 0.3 is 5.97 Å². The molecule has 2 aromatic carbocycles. The lowest BCUT2D eigenvalue weighted by molar-refractivity contribution is -0.136. The highest BCUT2D eigenvalue weighted by Crippen LogP contribution is 2.35. The summed E-state index contributed by atoms with van der Waals surface area (Å²) in [5, 5.41) is 12.2. The molecule has 0 aliphatic heterocycles. The number of nitrogens with one attached hydrogen (secondary N) is 1. The van der Waals surface area contributed by atoms with Crippen LogP contribution in [0.15, 0.2) is 36.4 Å². The van der Waals surface area contributed by atoms with Gasteiger partial charge in [0.2, 0.25) is 5.91 Å². The van der Waals surface area contributed by atoms with Gasteiger partial charge in [0.15, 0.2) is 5.75 Å². The highest BCUT2D eigenvalue weighted by atomic mass is 35.5. The van der Waals surface area contributed by atoms with Crippen molar-refractivity contribution in [3.05, 3.63) is 57.6 Å². The maximum absolute atomic E-state index is 11.8. The summed E-state index contributed by atoms with van der Waals surface area (Å²) in [6, 6.07) is 10.3. The summed E-state index contributed by atoms with van der Waals surface area (Å²) in [6.45, 7) is 3.84. The van der Waals surface area contributed by atoms with Crippen molar-refractivity contribution in [2.24, 2.45) is 5.92 Å². The smallest absolute Gasteiger partial charge is 0.307 e. The van der Waals surface area contributed by atoms with Crippen LogP contribution in [0.3, 0.4) is 0 Å². The molecule has 2 aromatic rings. The van der Waals surface area contributed by atoms with E-state index < -0.39 is 5.97 Å². The van der Waals surface area contributed by atoms with Crippen molar-refractivity contribution in [3.63, 3.8) is 0 Å². The van der Waals surface area contributed by atoms with Gasteiger partial charge < -0.3 is 15.2 Å². The number of rotatable bonds is 7. The Hall–Kier alpha value is -2.24. The number of carbonyl (C=O) groups is 2. The van der Waals surface area contributed by atoms with Gasteiger partial charge in [-0.2, -0.15) is 0 Å². The van der Waals surface area contributed by atoms with Crippen LogP contribution in [0.25, 0.3) is 0 Å². The second-order valence-corrected chi connectivity index (χ2v) is 6.91. The summed E-state index contributed by atoms with van der Waals surface area (Å²) in [7, 11) is 0. The average molecular weight is 396 g/mol. The highest BCUT2D eigenvalue weighted by Gasteiger charge is 2.12. The van der Waals surface area contributed by atoms with Crippen molar-refractivity contribution in [1.29, 1.82) is 0 Å². The zero-order valence-corrected chi connectivity index (χ0v) is 15.9. The second kappa shape index (κ2) is 8.92. The first-order chi connectivity index (χ1) is 12.3. The van der Waals surface area contributed by atoms with Crippen LogP contribution in [0.4, 0.5) is 5.69 Å². The molecule has 26 heavy (non-hydrogen) atoms. The SMILES string of the molecule is CC(C)C(=O)Nc1cccc(COc2c(Cl)cc(CC(=O)O)cc2Cl)c1. The lowest BCUT2D eigenvalue weighted by Gasteiger charge is -2.13. The van der Waals surface area contributed by atoms with Gasteiger partial charge in [-0.3, -0.25) is 9.59 Å².